The van der Waals surface area contributed by atoms with Gasteiger partial charge in [-0.3, -0.25) is 9.59 Å². The molecule has 40 heteroatoms. The minimum atomic E-state index is -1.85. The van der Waals surface area contributed by atoms with Crippen molar-refractivity contribution in [1.82, 2.24) is 10.6 Å². The van der Waals surface area contributed by atoms with Crippen LogP contribution in [0, 0.1) is 0 Å². The number of amides is 2. The molecule has 8 rings (SSSR count). The fraction of sp³-hybridized carbons (Fsp3) is 0.960. The molecule has 0 radical (unpaired) electrons. The number of carbonyl (C=O) groups is 2. The van der Waals surface area contributed by atoms with Gasteiger partial charge in [0.1, 0.15) is 134 Å². The Labute approximate surface area is 515 Å². The first kappa shape index (κ1) is 73.3. The molecule has 8 fully saturated rings. The van der Waals surface area contributed by atoms with Crippen molar-refractivity contribution in [3.8, 4) is 0 Å². The van der Waals surface area contributed by atoms with Crippen LogP contribution in [0.1, 0.15) is 25.7 Å². The summed E-state index contributed by atoms with van der Waals surface area (Å²) in [5, 5.41) is 137. The topological polar surface area (TPSA) is 724 Å². The van der Waals surface area contributed by atoms with E-state index in [4.69, 9.17) is 126 Å². The Morgan fingerprint density at radius 1 is 0.311 bits per heavy atom. The average Bonchev–Trinajstić information content (AvgIpc) is 1.72. The highest BCUT2D eigenvalue weighted by Gasteiger charge is 2.57. The quantitative estimate of drug-likeness (QED) is 0.0452. The monoisotopic (exact) mass is 1310 g/mol. The molecular formula is C50H96N14O26. The van der Waals surface area contributed by atoms with Gasteiger partial charge in [-0.1, -0.05) is 0 Å². The second-order valence-corrected chi connectivity index (χ2v) is 24.2. The van der Waals surface area contributed by atoms with Crippen LogP contribution >= 0.6 is 0 Å². The van der Waals surface area contributed by atoms with Crippen molar-refractivity contribution in [1.29, 1.82) is 0 Å². The van der Waals surface area contributed by atoms with Gasteiger partial charge in [0, 0.05) is 76.3 Å². The van der Waals surface area contributed by atoms with Gasteiger partial charge in [0.05, 0.1) is 36.4 Å². The zero-order valence-corrected chi connectivity index (χ0v) is 49.0. The molecule has 0 aromatic carbocycles. The lowest BCUT2D eigenvalue weighted by molar-refractivity contribution is -0.306. The third-order valence-corrected chi connectivity index (χ3v) is 18.0. The average molecular weight is 1310 g/mol. The normalized spacial score (nSPS) is 51.0. The Morgan fingerprint density at radius 3 is 0.822 bits per heavy atom. The number of nitrogens with one attached hydrogen (secondary N) is 2. The van der Waals surface area contributed by atoms with Gasteiger partial charge in [0.25, 0.3) is 0 Å². The summed E-state index contributed by atoms with van der Waals surface area (Å²) in [5.41, 5.74) is 73.4. The van der Waals surface area contributed by atoms with E-state index in [-0.39, 0.29) is 39.0 Å². The second kappa shape index (κ2) is 31.6. The molecule has 40 nitrogen and oxygen atoms in total. The molecule has 2 saturated carbocycles. The fourth-order valence-electron chi connectivity index (χ4n) is 12.4. The van der Waals surface area contributed by atoms with Crippen LogP contribution in [-0.2, 0) is 66.4 Å². The van der Waals surface area contributed by atoms with Gasteiger partial charge >= 0.3 is 0 Å². The minimum Gasteiger partial charge on any atom is -0.389 e. The van der Waals surface area contributed by atoms with Gasteiger partial charge in [-0.2, -0.15) is 0 Å². The molecule has 2 aliphatic carbocycles. The smallest absolute Gasteiger partial charge is 0.220 e. The minimum absolute atomic E-state index is 0.0399. The number of carbonyl (C=O) groups excluding carboxylic acids is 2. The van der Waals surface area contributed by atoms with Crippen molar-refractivity contribution in [3.63, 3.8) is 0 Å². The molecule has 0 bridgehead atoms. The molecule has 0 aromatic rings. The van der Waals surface area contributed by atoms with Crippen molar-refractivity contribution < 1.29 is 128 Å². The summed E-state index contributed by atoms with van der Waals surface area (Å²) in [6, 6.07) is -9.71. The first-order chi connectivity index (χ1) is 42.5. The Balaban J connectivity index is 0.940. The molecule has 8 aliphatic rings. The van der Waals surface area contributed by atoms with Crippen LogP contribution in [0.15, 0.2) is 0 Å². The third-order valence-electron chi connectivity index (χ3n) is 18.0. The third kappa shape index (κ3) is 15.8. The number of ether oxygens (including phenoxy) is 12. The van der Waals surface area contributed by atoms with E-state index in [2.05, 4.69) is 10.6 Å². The van der Waals surface area contributed by atoms with E-state index in [0.717, 1.165) is 0 Å². The SMILES string of the molecule is NC[C@@H]1O[C@H](O[C@H]2[C@@H](O)[C@H](O[C@@H]3[C@@H](O)[C@H](N)C[C@H](N)[C@H]3O[C@H]3O[C@H](CN)[C@@H](O)[C@H](O)[C@H]3N)O[C@@H]2CNC(=O)CCC(=O)NC[C@H]2O[C@@H](O[C@@H]3[C@@H](O)[C@H](N)C[C@H](N)[C@H]3O[C@H]3O[C@H](CN)[C@@H](O)[C@H](O)[C@H]3N)[C@H](O)[C@@H]2O[C@H]2O[C@@H](CN)[C@@H](O)[C@H](O)[C@H]2N)[C@H](N)[C@@H](O)[C@@H]1O. The number of aliphatic hydroxyl groups is 12. The Hall–Kier alpha value is -2.50. The largest absolute Gasteiger partial charge is 0.389 e. The van der Waals surface area contributed by atoms with Crippen molar-refractivity contribution >= 4 is 11.8 Å². The molecule has 90 heavy (non-hydrogen) atoms. The predicted octanol–water partition coefficient (Wildman–Crippen LogP) is -17.7. The number of rotatable bonds is 23. The van der Waals surface area contributed by atoms with Gasteiger partial charge < -0.3 is 198 Å². The first-order valence-corrected chi connectivity index (χ1v) is 30.0. The first-order valence-electron chi connectivity index (χ1n) is 30.0. The van der Waals surface area contributed by atoms with Crippen LogP contribution in [0.5, 0.6) is 0 Å². The molecule has 38 N–H and O–H groups in total. The van der Waals surface area contributed by atoms with Crippen molar-refractivity contribution in [2.45, 2.75) is 258 Å². The van der Waals surface area contributed by atoms with Crippen molar-refractivity contribution in [3.05, 3.63) is 0 Å². The van der Waals surface area contributed by atoms with E-state index < -0.39 is 270 Å². The molecule has 6 heterocycles. The molecule has 0 aromatic heterocycles. The Bertz CT molecular complexity index is 2130. The molecule has 6 saturated heterocycles. The van der Waals surface area contributed by atoms with Crippen LogP contribution in [0.4, 0.5) is 0 Å². The van der Waals surface area contributed by atoms with E-state index in [1.165, 1.54) is 0 Å². The van der Waals surface area contributed by atoms with E-state index >= 15 is 0 Å². The highest BCUT2D eigenvalue weighted by Crippen LogP contribution is 2.37. The maximum absolute atomic E-state index is 13.6. The maximum atomic E-state index is 13.6. The lowest BCUT2D eigenvalue weighted by atomic mass is 9.84. The molecule has 522 valence electrons. The molecule has 6 aliphatic heterocycles. The summed E-state index contributed by atoms with van der Waals surface area (Å²) in [5.74, 6) is -1.55. The van der Waals surface area contributed by atoms with Gasteiger partial charge in [0.2, 0.25) is 11.8 Å². The van der Waals surface area contributed by atoms with Gasteiger partial charge in [-0.25, -0.2) is 0 Å². The molecule has 0 spiro atoms. The molecular weight excluding hydrogens is 1210 g/mol. The van der Waals surface area contributed by atoms with Crippen LogP contribution in [0.2, 0.25) is 0 Å². The highest BCUT2D eigenvalue weighted by molar-refractivity contribution is 5.83. The van der Waals surface area contributed by atoms with Gasteiger partial charge in [-0.15, -0.1) is 0 Å². The second-order valence-electron chi connectivity index (χ2n) is 24.2. The summed E-state index contributed by atoms with van der Waals surface area (Å²) in [7, 11) is 0. The lowest BCUT2D eigenvalue weighted by Crippen LogP contribution is -2.68. The van der Waals surface area contributed by atoms with Crippen molar-refractivity contribution in [2.24, 2.45) is 68.8 Å². The standard InChI is InChI=1S/C50H96N14O26/c51-5-15-29(69)33(73)23(59)45(79-15)85-39-13(57)3-11(55)27(67)43(39)89-49-37(77)41(87-47-25(61)35(75)31(71)17(7-53)81-47)19(83-49)9-63-21(65)1-2-22(66)64-10-20-42(88-48-26(62)36(76)32(72)18(8-54)82-48)38(78)50(84-20)90-44-28(68)12(56)4-14(58)40(44)86-46-24(60)34(74)30(70)16(6-52)80-46/h11-20,23-50,67-78H,1-10,51-62H2,(H,63,65)(H,64,66)/t11-,12-,13+,14+,15-,16-,17+,18+,19-,20-,23-,24-,25-,26-,27+,28+,29-,30-,31-,32-,33-,34-,35-,36-,37-,38-,39-,40-,41-,42-,43-,44-,45-,46-,47-,48-,49+,50+/m1/s1. The summed E-state index contributed by atoms with van der Waals surface area (Å²) < 4.78 is 72.2. The fourth-order valence-corrected chi connectivity index (χ4v) is 12.4. The zero-order valence-electron chi connectivity index (χ0n) is 49.0. The van der Waals surface area contributed by atoms with E-state index in [9.17, 15) is 70.9 Å². The van der Waals surface area contributed by atoms with Crippen molar-refractivity contribution in [2.75, 3.05) is 39.3 Å². The molecule has 38 atom stereocenters. The summed E-state index contributed by atoms with van der Waals surface area (Å²) in [4.78, 5) is 27.2. The van der Waals surface area contributed by atoms with Crippen LogP contribution < -0.4 is 79.4 Å². The van der Waals surface area contributed by atoms with E-state index in [1.807, 2.05) is 0 Å². The molecule has 0 unspecified atom stereocenters. The summed E-state index contributed by atoms with van der Waals surface area (Å²) in [6.45, 7) is -2.12. The predicted molar refractivity (Wildman–Crippen MR) is 298 cm³/mol. The van der Waals surface area contributed by atoms with Gasteiger partial charge in [-0.05, 0) is 12.8 Å². The Kier molecular flexibility index (Phi) is 25.7. The summed E-state index contributed by atoms with van der Waals surface area (Å²) >= 11 is 0. The Morgan fingerprint density at radius 2 is 0.556 bits per heavy atom. The number of hydrogen-bond donors (Lipinski definition) is 26. The zero-order chi connectivity index (χ0) is 66.1. The van der Waals surface area contributed by atoms with E-state index in [0.29, 0.717) is 0 Å². The number of aliphatic hydroxyl groups excluding tert-OH is 12. The number of hydrogen-bond acceptors (Lipinski definition) is 38. The highest BCUT2D eigenvalue weighted by atomic mass is 16.8. The van der Waals surface area contributed by atoms with E-state index in [1.54, 1.807) is 0 Å². The lowest BCUT2D eigenvalue weighted by Gasteiger charge is -2.47. The number of nitrogens with two attached hydrogens (primary N) is 12. The van der Waals surface area contributed by atoms with Crippen LogP contribution in [0.3, 0.4) is 0 Å². The maximum Gasteiger partial charge on any atom is 0.220 e. The molecule has 2 amide bonds. The summed E-state index contributed by atoms with van der Waals surface area (Å²) in [6.07, 6.45) is -46.4. The van der Waals surface area contributed by atoms with Crippen LogP contribution in [0.25, 0.3) is 0 Å². The van der Waals surface area contributed by atoms with Crippen LogP contribution in [-0.4, -0.2) is 345 Å². The van der Waals surface area contributed by atoms with Gasteiger partial charge in [0.15, 0.2) is 37.7 Å².